The van der Waals surface area contributed by atoms with Crippen LogP contribution in [0.25, 0.3) is 0 Å². The maximum absolute atomic E-state index is 11.2. The minimum atomic E-state index is -2.80. The summed E-state index contributed by atoms with van der Waals surface area (Å²) in [6.45, 7) is 4.61. The Labute approximate surface area is 113 Å². The van der Waals surface area contributed by atoms with Crippen molar-refractivity contribution in [1.29, 1.82) is 0 Å². The van der Waals surface area contributed by atoms with Crippen molar-refractivity contribution in [3.63, 3.8) is 0 Å². The van der Waals surface area contributed by atoms with Gasteiger partial charge in [0.15, 0.2) is 0 Å². The maximum atomic E-state index is 11.2. The molecule has 0 aromatic rings. The van der Waals surface area contributed by atoms with Gasteiger partial charge in [-0.15, -0.1) is 0 Å². The molecule has 1 fully saturated rings. The Morgan fingerprint density at radius 3 is 2.44 bits per heavy atom. The van der Waals surface area contributed by atoms with Gasteiger partial charge in [-0.05, 0) is 56.9 Å². The second-order valence-electron chi connectivity index (χ2n) is 6.24. The first-order chi connectivity index (χ1) is 8.33. The lowest BCUT2D eigenvalue weighted by Crippen LogP contribution is -2.39. The zero-order valence-corrected chi connectivity index (χ0v) is 13.1. The van der Waals surface area contributed by atoms with Crippen LogP contribution in [0, 0.1) is 17.8 Å². The van der Waals surface area contributed by atoms with E-state index in [4.69, 9.17) is 0 Å². The van der Waals surface area contributed by atoms with Gasteiger partial charge in [0.2, 0.25) is 0 Å². The standard InChI is InChI=1S/C14H29NO2S/c1-11(2)12-7-8-14(15-3)13(10-12)6-5-9-18(4,16)17/h11-15H,5-10H2,1-4H3. The number of hydrogen-bond acceptors (Lipinski definition) is 3. The second-order valence-corrected chi connectivity index (χ2v) is 8.50. The summed E-state index contributed by atoms with van der Waals surface area (Å²) in [4.78, 5) is 0. The molecule has 1 rings (SSSR count). The van der Waals surface area contributed by atoms with Crippen LogP contribution in [0.5, 0.6) is 0 Å². The van der Waals surface area contributed by atoms with Crippen molar-refractivity contribution in [2.24, 2.45) is 17.8 Å². The van der Waals surface area contributed by atoms with Crippen LogP contribution in [0.15, 0.2) is 0 Å². The Kier molecular flexibility index (Phi) is 6.12. The first-order valence-corrected chi connectivity index (χ1v) is 9.24. The van der Waals surface area contributed by atoms with Gasteiger partial charge in [-0.3, -0.25) is 0 Å². The van der Waals surface area contributed by atoms with E-state index in [0.717, 1.165) is 24.7 Å². The molecule has 0 heterocycles. The second kappa shape index (κ2) is 6.90. The Morgan fingerprint density at radius 1 is 1.28 bits per heavy atom. The van der Waals surface area contributed by atoms with E-state index in [1.54, 1.807) is 0 Å². The minimum absolute atomic E-state index is 0.340. The quantitative estimate of drug-likeness (QED) is 0.810. The highest BCUT2D eigenvalue weighted by molar-refractivity contribution is 7.90. The van der Waals surface area contributed by atoms with Gasteiger partial charge in [-0.25, -0.2) is 8.42 Å². The third kappa shape index (κ3) is 5.27. The van der Waals surface area contributed by atoms with Crippen LogP contribution in [-0.4, -0.2) is 33.5 Å². The largest absolute Gasteiger partial charge is 0.317 e. The average Bonchev–Trinajstić information content (AvgIpc) is 2.27. The summed E-state index contributed by atoms with van der Waals surface area (Å²) in [5.41, 5.74) is 0. The molecular formula is C14H29NO2S. The molecule has 3 atom stereocenters. The van der Waals surface area contributed by atoms with Crippen LogP contribution in [0.2, 0.25) is 0 Å². The zero-order valence-electron chi connectivity index (χ0n) is 12.3. The Hall–Kier alpha value is -0.0900. The molecule has 0 aliphatic heterocycles. The number of sulfone groups is 1. The summed E-state index contributed by atoms with van der Waals surface area (Å²) in [6, 6.07) is 0.583. The molecule has 1 N–H and O–H groups in total. The average molecular weight is 275 g/mol. The highest BCUT2D eigenvalue weighted by Gasteiger charge is 2.30. The van der Waals surface area contributed by atoms with Crippen molar-refractivity contribution in [3.8, 4) is 0 Å². The summed E-state index contributed by atoms with van der Waals surface area (Å²) in [5.74, 6) is 2.56. The third-order valence-electron chi connectivity index (χ3n) is 4.43. The topological polar surface area (TPSA) is 46.2 Å². The molecular weight excluding hydrogens is 246 g/mol. The fourth-order valence-electron chi connectivity index (χ4n) is 3.21. The SMILES string of the molecule is CNC1CCC(C(C)C)CC1CCCS(C)(=O)=O. The van der Waals surface area contributed by atoms with Crippen molar-refractivity contribution in [2.45, 2.75) is 52.0 Å². The van der Waals surface area contributed by atoms with E-state index in [1.165, 1.54) is 25.5 Å². The van der Waals surface area contributed by atoms with Crippen LogP contribution in [0.1, 0.15) is 46.0 Å². The van der Waals surface area contributed by atoms with Crippen molar-refractivity contribution in [3.05, 3.63) is 0 Å². The molecule has 1 aliphatic rings. The normalized spacial score (nSPS) is 29.7. The summed E-state index contributed by atoms with van der Waals surface area (Å²) in [7, 11) is -0.768. The van der Waals surface area contributed by atoms with Gasteiger partial charge in [0, 0.05) is 18.1 Å². The molecule has 0 spiro atoms. The Bertz CT molecular complexity index is 338. The summed E-state index contributed by atoms with van der Waals surface area (Å²) < 4.78 is 22.4. The molecule has 0 amide bonds. The smallest absolute Gasteiger partial charge is 0.147 e. The highest BCUT2D eigenvalue weighted by atomic mass is 32.2. The van der Waals surface area contributed by atoms with Crippen molar-refractivity contribution in [1.82, 2.24) is 5.32 Å². The minimum Gasteiger partial charge on any atom is -0.317 e. The van der Waals surface area contributed by atoms with Crippen molar-refractivity contribution < 1.29 is 8.42 Å². The summed E-state index contributed by atoms with van der Waals surface area (Å²) in [6.07, 6.45) is 7.00. The fraction of sp³-hybridized carbons (Fsp3) is 1.00. The van der Waals surface area contributed by atoms with Gasteiger partial charge >= 0.3 is 0 Å². The van der Waals surface area contributed by atoms with Gasteiger partial charge in [0.1, 0.15) is 9.84 Å². The first-order valence-electron chi connectivity index (χ1n) is 7.18. The zero-order chi connectivity index (χ0) is 13.8. The van der Waals surface area contributed by atoms with E-state index < -0.39 is 9.84 Å². The summed E-state index contributed by atoms with van der Waals surface area (Å²) in [5, 5.41) is 3.41. The first kappa shape index (κ1) is 16.0. The molecule has 108 valence electrons. The number of rotatable bonds is 6. The molecule has 0 aromatic carbocycles. The predicted molar refractivity (Wildman–Crippen MR) is 77.5 cm³/mol. The van der Waals surface area contributed by atoms with Gasteiger partial charge < -0.3 is 5.32 Å². The Morgan fingerprint density at radius 2 is 1.94 bits per heavy atom. The van der Waals surface area contributed by atoms with E-state index in [-0.39, 0.29) is 0 Å². The van der Waals surface area contributed by atoms with Crippen LogP contribution >= 0.6 is 0 Å². The van der Waals surface area contributed by atoms with Gasteiger partial charge in [-0.2, -0.15) is 0 Å². The predicted octanol–water partition coefficient (Wildman–Crippen LogP) is 2.47. The number of hydrogen-bond donors (Lipinski definition) is 1. The van der Waals surface area contributed by atoms with Crippen LogP contribution in [0.3, 0.4) is 0 Å². The molecule has 3 nitrogen and oxygen atoms in total. The van der Waals surface area contributed by atoms with Crippen LogP contribution in [-0.2, 0) is 9.84 Å². The van der Waals surface area contributed by atoms with Crippen molar-refractivity contribution in [2.75, 3.05) is 19.1 Å². The van der Waals surface area contributed by atoms with Gasteiger partial charge in [0.05, 0.1) is 0 Å². The van der Waals surface area contributed by atoms with Crippen molar-refractivity contribution >= 4 is 9.84 Å². The molecule has 1 aliphatic carbocycles. The van der Waals surface area contributed by atoms with E-state index >= 15 is 0 Å². The molecule has 18 heavy (non-hydrogen) atoms. The lowest BCUT2D eigenvalue weighted by atomic mass is 9.72. The van der Waals surface area contributed by atoms with E-state index in [2.05, 4.69) is 19.2 Å². The molecule has 4 heteroatoms. The maximum Gasteiger partial charge on any atom is 0.147 e. The third-order valence-corrected chi connectivity index (χ3v) is 5.46. The van der Waals surface area contributed by atoms with E-state index in [1.807, 2.05) is 7.05 Å². The van der Waals surface area contributed by atoms with Gasteiger partial charge in [0.25, 0.3) is 0 Å². The number of nitrogens with one attached hydrogen (secondary N) is 1. The monoisotopic (exact) mass is 275 g/mol. The lowest BCUT2D eigenvalue weighted by Gasteiger charge is -2.38. The van der Waals surface area contributed by atoms with Crippen LogP contribution in [0.4, 0.5) is 0 Å². The molecule has 0 saturated heterocycles. The molecule has 3 unspecified atom stereocenters. The molecule has 0 radical (unpaired) electrons. The molecule has 1 saturated carbocycles. The Balaban J connectivity index is 2.47. The highest BCUT2D eigenvalue weighted by Crippen LogP contribution is 2.36. The lowest BCUT2D eigenvalue weighted by molar-refractivity contribution is 0.165. The van der Waals surface area contributed by atoms with Crippen LogP contribution < -0.4 is 5.32 Å². The molecule has 0 aromatic heterocycles. The summed E-state index contributed by atoms with van der Waals surface area (Å²) >= 11 is 0. The molecule has 0 bridgehead atoms. The fourth-order valence-corrected chi connectivity index (χ4v) is 3.90. The van der Waals surface area contributed by atoms with E-state index in [0.29, 0.717) is 17.7 Å². The van der Waals surface area contributed by atoms with E-state index in [9.17, 15) is 8.42 Å². The van der Waals surface area contributed by atoms with Gasteiger partial charge in [-0.1, -0.05) is 13.8 Å².